The molecular weight excluding hydrogens is 269 g/mol. The first-order chi connectivity index (χ1) is 7.88. The van der Waals surface area contributed by atoms with Crippen LogP contribution in [0.3, 0.4) is 0 Å². The quantitative estimate of drug-likeness (QED) is 0.860. The monoisotopic (exact) mass is 281 g/mol. The van der Waals surface area contributed by atoms with Crippen LogP contribution in [-0.4, -0.2) is 26.2 Å². The van der Waals surface area contributed by atoms with Gasteiger partial charge in [0.2, 0.25) is 10.0 Å². The van der Waals surface area contributed by atoms with Gasteiger partial charge >= 0.3 is 0 Å². The van der Waals surface area contributed by atoms with Gasteiger partial charge in [-0.15, -0.1) is 0 Å². The summed E-state index contributed by atoms with van der Waals surface area (Å²) in [5, 5.41) is 8.51. The molecule has 0 radical (unpaired) electrons. The molecule has 0 aliphatic carbocycles. The molecule has 0 unspecified atom stereocenters. The largest absolute Gasteiger partial charge is 0.396 e. The van der Waals surface area contributed by atoms with E-state index in [0.29, 0.717) is 0 Å². The summed E-state index contributed by atoms with van der Waals surface area (Å²) < 4.78 is 39.4. The highest BCUT2D eigenvalue weighted by Gasteiger charge is 2.24. The average Bonchev–Trinajstić information content (AvgIpc) is 2.15. The Balaban J connectivity index is 3.06. The summed E-state index contributed by atoms with van der Waals surface area (Å²) in [5.74, 6) is -0.902. The summed E-state index contributed by atoms with van der Waals surface area (Å²) in [6.07, 6.45) is 0.241. The molecule has 0 heterocycles. The molecule has 17 heavy (non-hydrogen) atoms. The fourth-order valence-corrected chi connectivity index (χ4v) is 3.20. The van der Waals surface area contributed by atoms with E-state index in [4.69, 9.17) is 16.7 Å². The van der Waals surface area contributed by atoms with E-state index >= 15 is 0 Å². The zero-order valence-corrected chi connectivity index (χ0v) is 10.7. The van der Waals surface area contributed by atoms with E-state index in [1.165, 1.54) is 12.1 Å². The number of nitrogens with one attached hydrogen (secondary N) is 1. The summed E-state index contributed by atoms with van der Waals surface area (Å²) in [6, 6.07) is 3.15. The van der Waals surface area contributed by atoms with Crippen LogP contribution < -0.4 is 4.72 Å². The van der Waals surface area contributed by atoms with E-state index in [1.807, 2.05) is 0 Å². The van der Waals surface area contributed by atoms with Crippen LogP contribution in [-0.2, 0) is 10.0 Å². The van der Waals surface area contributed by atoms with Crippen LogP contribution in [0, 0.1) is 5.82 Å². The average molecular weight is 282 g/mol. The topological polar surface area (TPSA) is 66.4 Å². The molecule has 1 aromatic rings. The van der Waals surface area contributed by atoms with Gasteiger partial charge in [-0.05, 0) is 25.5 Å². The highest BCUT2D eigenvalue weighted by Crippen LogP contribution is 2.24. The third-order valence-electron chi connectivity index (χ3n) is 2.11. The van der Waals surface area contributed by atoms with Crippen LogP contribution in [0.4, 0.5) is 4.39 Å². The highest BCUT2D eigenvalue weighted by atomic mass is 35.5. The van der Waals surface area contributed by atoms with E-state index in [1.54, 1.807) is 6.92 Å². The van der Waals surface area contributed by atoms with Crippen LogP contribution in [0.1, 0.15) is 13.3 Å². The lowest BCUT2D eigenvalue weighted by Gasteiger charge is -2.14. The standard InChI is InChI=1S/C10H13ClFNO3S/c1-7(5-6-14)13-17(15,16)10-8(11)3-2-4-9(10)12/h2-4,7,13-14H,5-6H2,1H3/t7-/m1/s1. The molecule has 0 amide bonds. The Morgan fingerprint density at radius 3 is 2.71 bits per heavy atom. The molecule has 96 valence electrons. The number of hydrogen-bond donors (Lipinski definition) is 2. The Labute approximate surface area is 104 Å². The second kappa shape index (κ2) is 5.77. The van der Waals surface area contributed by atoms with E-state index < -0.39 is 26.8 Å². The zero-order valence-electron chi connectivity index (χ0n) is 9.15. The maximum atomic E-state index is 13.4. The van der Waals surface area contributed by atoms with E-state index in [9.17, 15) is 12.8 Å². The molecule has 1 atom stereocenters. The fourth-order valence-electron chi connectivity index (χ4n) is 1.32. The fraction of sp³-hybridized carbons (Fsp3) is 0.400. The molecule has 0 aliphatic rings. The Kier molecular flexibility index (Phi) is 4.88. The zero-order chi connectivity index (χ0) is 13.1. The molecule has 2 N–H and O–H groups in total. The lowest BCUT2D eigenvalue weighted by Crippen LogP contribution is -2.33. The van der Waals surface area contributed by atoms with Gasteiger partial charge in [0, 0.05) is 12.6 Å². The van der Waals surface area contributed by atoms with Gasteiger partial charge < -0.3 is 5.11 Å². The van der Waals surface area contributed by atoms with E-state index in [2.05, 4.69) is 4.72 Å². The first kappa shape index (κ1) is 14.4. The molecule has 7 heteroatoms. The van der Waals surface area contributed by atoms with Gasteiger partial charge in [-0.1, -0.05) is 17.7 Å². The van der Waals surface area contributed by atoms with Crippen molar-refractivity contribution >= 4 is 21.6 Å². The predicted molar refractivity (Wildman–Crippen MR) is 62.9 cm³/mol. The molecule has 1 rings (SSSR count). The van der Waals surface area contributed by atoms with Crippen molar-refractivity contribution in [1.29, 1.82) is 0 Å². The van der Waals surface area contributed by atoms with Gasteiger partial charge in [0.15, 0.2) is 0 Å². The van der Waals surface area contributed by atoms with Gasteiger partial charge in [-0.3, -0.25) is 0 Å². The van der Waals surface area contributed by atoms with Crippen LogP contribution in [0.15, 0.2) is 23.1 Å². The lowest BCUT2D eigenvalue weighted by atomic mass is 10.3. The van der Waals surface area contributed by atoms with Gasteiger partial charge in [-0.25, -0.2) is 17.5 Å². The molecule has 0 fully saturated rings. The summed E-state index contributed by atoms with van der Waals surface area (Å²) in [5.41, 5.74) is 0. The number of aliphatic hydroxyl groups excluding tert-OH is 1. The molecule has 0 saturated heterocycles. The maximum absolute atomic E-state index is 13.4. The third kappa shape index (κ3) is 3.64. The minimum absolute atomic E-state index is 0.158. The van der Waals surface area contributed by atoms with Crippen molar-refractivity contribution in [2.24, 2.45) is 0 Å². The molecule has 0 spiro atoms. The summed E-state index contributed by atoms with van der Waals surface area (Å²) in [6.45, 7) is 1.41. The van der Waals surface area contributed by atoms with Crippen molar-refractivity contribution in [3.63, 3.8) is 0 Å². The van der Waals surface area contributed by atoms with Crippen LogP contribution >= 0.6 is 11.6 Å². The molecule has 0 saturated carbocycles. The SMILES string of the molecule is C[C@H](CCO)NS(=O)(=O)c1c(F)cccc1Cl. The summed E-state index contributed by atoms with van der Waals surface area (Å²) in [7, 11) is -4.01. The van der Waals surface area contributed by atoms with E-state index in [-0.39, 0.29) is 18.1 Å². The third-order valence-corrected chi connectivity index (χ3v) is 4.20. The number of hydrogen-bond acceptors (Lipinski definition) is 3. The van der Waals surface area contributed by atoms with Crippen molar-refractivity contribution < 1.29 is 17.9 Å². The Morgan fingerprint density at radius 1 is 1.53 bits per heavy atom. The maximum Gasteiger partial charge on any atom is 0.245 e. The number of halogens is 2. The number of aliphatic hydroxyl groups is 1. The normalized spacial score (nSPS) is 13.6. The van der Waals surface area contributed by atoms with Crippen LogP contribution in [0.25, 0.3) is 0 Å². The van der Waals surface area contributed by atoms with Crippen molar-refractivity contribution in [2.45, 2.75) is 24.3 Å². The summed E-state index contributed by atoms with van der Waals surface area (Å²) >= 11 is 5.67. The first-order valence-electron chi connectivity index (χ1n) is 4.95. The number of sulfonamides is 1. The number of benzene rings is 1. The summed E-state index contributed by atoms with van der Waals surface area (Å²) in [4.78, 5) is -0.563. The second-order valence-corrected chi connectivity index (χ2v) is 5.64. The highest BCUT2D eigenvalue weighted by molar-refractivity contribution is 7.89. The van der Waals surface area contributed by atoms with Crippen molar-refractivity contribution in [2.75, 3.05) is 6.61 Å². The molecule has 0 bridgehead atoms. The lowest BCUT2D eigenvalue weighted by molar-refractivity contribution is 0.275. The van der Waals surface area contributed by atoms with E-state index in [0.717, 1.165) is 6.07 Å². The van der Waals surface area contributed by atoms with Gasteiger partial charge in [0.25, 0.3) is 0 Å². The number of rotatable bonds is 5. The van der Waals surface area contributed by atoms with Crippen LogP contribution in [0.5, 0.6) is 0 Å². The van der Waals surface area contributed by atoms with Crippen LogP contribution in [0.2, 0.25) is 5.02 Å². The smallest absolute Gasteiger partial charge is 0.245 e. The Morgan fingerprint density at radius 2 is 2.18 bits per heavy atom. The molecular formula is C10H13ClFNO3S. The van der Waals surface area contributed by atoms with Crippen molar-refractivity contribution in [3.05, 3.63) is 29.0 Å². The molecule has 1 aromatic carbocycles. The van der Waals surface area contributed by atoms with Gasteiger partial charge in [0.1, 0.15) is 10.7 Å². The first-order valence-corrected chi connectivity index (χ1v) is 6.82. The Bertz CT molecular complexity index is 472. The van der Waals surface area contributed by atoms with Crippen molar-refractivity contribution in [3.8, 4) is 0 Å². The minimum atomic E-state index is -4.01. The molecule has 0 aliphatic heterocycles. The van der Waals surface area contributed by atoms with Crippen molar-refractivity contribution in [1.82, 2.24) is 4.72 Å². The van der Waals surface area contributed by atoms with Gasteiger partial charge in [-0.2, -0.15) is 0 Å². The van der Waals surface area contributed by atoms with Gasteiger partial charge in [0.05, 0.1) is 5.02 Å². The molecule has 4 nitrogen and oxygen atoms in total. The molecule has 0 aromatic heterocycles. The predicted octanol–water partition coefficient (Wildman–Crippen LogP) is 1.53. The second-order valence-electron chi connectivity index (χ2n) is 3.59. The Hall–Kier alpha value is -0.690. The minimum Gasteiger partial charge on any atom is -0.396 e.